The number of esters is 1. The molecule has 0 aliphatic heterocycles. The number of ether oxygens (including phenoxy) is 1. The fourth-order valence-electron chi connectivity index (χ4n) is 4.83. The van der Waals surface area contributed by atoms with Gasteiger partial charge in [-0.05, 0) is 72.7 Å². The molecule has 0 saturated heterocycles. The summed E-state index contributed by atoms with van der Waals surface area (Å²) >= 11 is 0. The summed E-state index contributed by atoms with van der Waals surface area (Å²) in [7, 11) is 0. The zero-order valence-corrected chi connectivity index (χ0v) is 21.9. The molecule has 194 valence electrons. The van der Waals surface area contributed by atoms with Gasteiger partial charge in [-0.15, -0.1) is 5.10 Å². The minimum Gasteiger partial charge on any atom is -0.465 e. The molecule has 37 heavy (non-hydrogen) atoms. The number of nitrogens with one attached hydrogen (secondary N) is 1. The maximum Gasteiger partial charge on any atom is 0.327 e. The topological polar surface area (TPSA) is 106 Å². The summed E-state index contributed by atoms with van der Waals surface area (Å²) in [5, 5.41) is 13.2. The minimum atomic E-state index is -0.390. The van der Waals surface area contributed by atoms with Gasteiger partial charge in [0.2, 0.25) is 0 Å². The minimum absolute atomic E-state index is 0.0612. The molecule has 1 N–H and O–H groups in total. The number of carbonyl (C=O) groups is 1. The zero-order chi connectivity index (χ0) is 26.4. The largest absolute Gasteiger partial charge is 0.465 e. The molecule has 0 saturated carbocycles. The summed E-state index contributed by atoms with van der Waals surface area (Å²) in [5.74, 6) is 0.186. The Bertz CT molecular complexity index is 1410. The van der Waals surface area contributed by atoms with Crippen LogP contribution in [0.3, 0.4) is 0 Å². The van der Waals surface area contributed by atoms with Crippen molar-refractivity contribution in [2.75, 3.05) is 13.2 Å². The fourth-order valence-corrected chi connectivity index (χ4v) is 4.83. The quantitative estimate of drug-likeness (QED) is 0.310. The number of carbonyl (C=O) groups excluding carboxylic acids is 1. The van der Waals surface area contributed by atoms with Crippen molar-refractivity contribution in [3.63, 3.8) is 0 Å². The third-order valence-corrected chi connectivity index (χ3v) is 6.54. The van der Waals surface area contributed by atoms with Gasteiger partial charge in [0.25, 0.3) is 5.56 Å². The van der Waals surface area contributed by atoms with E-state index in [-0.39, 0.29) is 18.1 Å². The Morgan fingerprint density at radius 1 is 1.14 bits per heavy atom. The first-order valence-electron chi connectivity index (χ1n) is 12.7. The van der Waals surface area contributed by atoms with Crippen LogP contribution in [0.25, 0.3) is 10.9 Å². The number of fused-ring (bicyclic) bond motifs is 1. The number of tetrazole rings is 1. The summed E-state index contributed by atoms with van der Waals surface area (Å²) in [5.41, 5.74) is 4.82. The number of aryl methyl sites for hydroxylation is 2. The van der Waals surface area contributed by atoms with Gasteiger partial charge in [0.15, 0.2) is 5.82 Å². The van der Waals surface area contributed by atoms with Gasteiger partial charge in [-0.3, -0.25) is 14.5 Å². The number of H-pyrrole nitrogens is 1. The van der Waals surface area contributed by atoms with E-state index in [1.807, 2.05) is 31.2 Å². The normalized spacial score (nSPS) is 12.2. The number of benzene rings is 2. The Balaban J connectivity index is 1.69. The maximum absolute atomic E-state index is 13.2. The highest BCUT2D eigenvalue weighted by atomic mass is 16.5. The van der Waals surface area contributed by atoms with Gasteiger partial charge in [-0.2, -0.15) is 0 Å². The number of hydrogen-bond donors (Lipinski definition) is 1. The van der Waals surface area contributed by atoms with E-state index in [0.717, 1.165) is 28.5 Å². The number of rotatable bonds is 11. The lowest BCUT2D eigenvalue weighted by atomic mass is 10.0. The smallest absolute Gasteiger partial charge is 0.327 e. The molecule has 2 heterocycles. The molecule has 0 aliphatic carbocycles. The van der Waals surface area contributed by atoms with Crippen molar-refractivity contribution < 1.29 is 9.53 Å². The highest BCUT2D eigenvalue weighted by Crippen LogP contribution is 2.25. The highest BCUT2D eigenvalue weighted by molar-refractivity contribution is 5.82. The predicted molar refractivity (Wildman–Crippen MR) is 142 cm³/mol. The Labute approximate surface area is 216 Å². The second-order valence-electron chi connectivity index (χ2n) is 9.30. The third-order valence-electron chi connectivity index (χ3n) is 6.54. The van der Waals surface area contributed by atoms with E-state index in [2.05, 4.69) is 63.5 Å². The van der Waals surface area contributed by atoms with E-state index in [1.165, 1.54) is 10.2 Å². The molecule has 0 radical (unpaired) electrons. The van der Waals surface area contributed by atoms with Crippen molar-refractivity contribution in [3.8, 4) is 0 Å². The van der Waals surface area contributed by atoms with Gasteiger partial charge in [0.05, 0.1) is 18.2 Å². The van der Waals surface area contributed by atoms with Gasteiger partial charge in [0.1, 0.15) is 6.54 Å². The summed E-state index contributed by atoms with van der Waals surface area (Å²) in [6, 6.07) is 16.2. The second-order valence-corrected chi connectivity index (χ2v) is 9.30. The van der Waals surface area contributed by atoms with E-state index in [1.54, 1.807) is 6.92 Å². The molecule has 9 nitrogen and oxygen atoms in total. The average Bonchev–Trinajstić information content (AvgIpc) is 3.32. The summed E-state index contributed by atoms with van der Waals surface area (Å²) in [4.78, 5) is 30.7. The summed E-state index contributed by atoms with van der Waals surface area (Å²) < 4.78 is 6.61. The number of aromatic amines is 1. The molecule has 0 bridgehead atoms. The average molecular weight is 503 g/mol. The van der Waals surface area contributed by atoms with Crippen molar-refractivity contribution in [1.29, 1.82) is 0 Å². The standard InChI is InChI=1S/C28H34N6O3/c1-5-24(27-30-31-32-34(27)18-25(35)37-6-2)33(13-12-21-10-8-7-9-11-21)17-23-16-22-15-19(3)14-20(4)26(22)29-28(23)36/h7-11,14-16,24H,5-6,12-13,17-18H2,1-4H3,(H,29,36)/t24-/m0/s1. The molecule has 0 fully saturated rings. The number of nitrogens with zero attached hydrogens (tertiary/aromatic N) is 5. The van der Waals surface area contributed by atoms with Crippen LogP contribution in [0.4, 0.5) is 0 Å². The van der Waals surface area contributed by atoms with Crippen LogP contribution in [-0.4, -0.2) is 49.2 Å². The van der Waals surface area contributed by atoms with Crippen LogP contribution in [0, 0.1) is 13.8 Å². The summed E-state index contributed by atoms with van der Waals surface area (Å²) in [6.07, 6.45) is 1.49. The number of pyridine rings is 1. The van der Waals surface area contributed by atoms with Gasteiger partial charge in [-0.25, -0.2) is 4.68 Å². The van der Waals surface area contributed by atoms with Crippen LogP contribution in [0.1, 0.15) is 54.4 Å². The van der Waals surface area contributed by atoms with E-state index in [0.29, 0.717) is 37.5 Å². The number of hydrogen-bond acceptors (Lipinski definition) is 7. The van der Waals surface area contributed by atoms with Gasteiger partial charge < -0.3 is 9.72 Å². The van der Waals surface area contributed by atoms with Crippen molar-refractivity contribution >= 4 is 16.9 Å². The first-order valence-corrected chi connectivity index (χ1v) is 12.7. The van der Waals surface area contributed by atoms with E-state index in [9.17, 15) is 9.59 Å². The lowest BCUT2D eigenvalue weighted by Crippen LogP contribution is -2.34. The van der Waals surface area contributed by atoms with Crippen LogP contribution in [0.15, 0.2) is 53.3 Å². The Morgan fingerprint density at radius 3 is 2.65 bits per heavy atom. The van der Waals surface area contributed by atoms with Gasteiger partial charge in [-0.1, -0.05) is 48.9 Å². The van der Waals surface area contributed by atoms with Crippen LogP contribution >= 0.6 is 0 Å². The second kappa shape index (κ2) is 11.9. The SMILES string of the molecule is CCOC(=O)Cn1nnnc1[C@H](CC)N(CCc1ccccc1)Cc1cc2cc(C)cc(C)c2[nH]c1=O. The van der Waals surface area contributed by atoms with E-state index >= 15 is 0 Å². The van der Waals surface area contributed by atoms with Gasteiger partial charge in [0, 0.05) is 18.7 Å². The first-order chi connectivity index (χ1) is 17.9. The Morgan fingerprint density at radius 2 is 1.92 bits per heavy atom. The molecule has 0 aliphatic rings. The lowest BCUT2D eigenvalue weighted by molar-refractivity contribution is -0.144. The first kappa shape index (κ1) is 26.2. The molecule has 4 rings (SSSR count). The van der Waals surface area contributed by atoms with Crippen LogP contribution in [0.5, 0.6) is 0 Å². The Kier molecular flexibility index (Phi) is 8.45. The third kappa shape index (κ3) is 6.29. The molecule has 0 amide bonds. The van der Waals surface area contributed by atoms with Crippen molar-refractivity contribution in [3.05, 3.63) is 87.0 Å². The van der Waals surface area contributed by atoms with Crippen molar-refractivity contribution in [1.82, 2.24) is 30.1 Å². The highest BCUT2D eigenvalue weighted by Gasteiger charge is 2.26. The molecular weight excluding hydrogens is 468 g/mol. The molecule has 2 aromatic carbocycles. The van der Waals surface area contributed by atoms with Gasteiger partial charge >= 0.3 is 5.97 Å². The molecule has 0 spiro atoms. The predicted octanol–water partition coefficient (Wildman–Crippen LogP) is 3.89. The van der Waals surface area contributed by atoms with Crippen LogP contribution < -0.4 is 5.56 Å². The molecule has 0 unspecified atom stereocenters. The molecule has 1 atom stereocenters. The molecule has 4 aromatic rings. The fraction of sp³-hybridized carbons (Fsp3) is 0.393. The van der Waals surface area contributed by atoms with Crippen molar-refractivity contribution in [2.24, 2.45) is 0 Å². The molecule has 2 aromatic heterocycles. The van der Waals surface area contributed by atoms with Crippen LogP contribution in [0.2, 0.25) is 0 Å². The van der Waals surface area contributed by atoms with E-state index in [4.69, 9.17) is 4.74 Å². The van der Waals surface area contributed by atoms with Crippen LogP contribution in [-0.2, 0) is 29.0 Å². The summed E-state index contributed by atoms with van der Waals surface area (Å²) in [6.45, 7) is 9.21. The number of aromatic nitrogens is 5. The Hall–Kier alpha value is -3.85. The molecular formula is C28H34N6O3. The maximum atomic E-state index is 13.2. The van der Waals surface area contributed by atoms with E-state index < -0.39 is 5.97 Å². The zero-order valence-electron chi connectivity index (χ0n) is 21.9. The lowest BCUT2D eigenvalue weighted by Gasteiger charge is -2.30. The molecule has 9 heteroatoms. The van der Waals surface area contributed by atoms with Crippen molar-refractivity contribution in [2.45, 2.75) is 59.7 Å². The monoisotopic (exact) mass is 502 g/mol.